The fourth-order valence-electron chi connectivity index (χ4n) is 1.57. The minimum Gasteiger partial charge on any atom is -0.378 e. The van der Waals surface area contributed by atoms with Gasteiger partial charge in [-0.25, -0.2) is 4.39 Å². The molecule has 132 valence electrons. The summed E-state index contributed by atoms with van der Waals surface area (Å²) in [5, 5.41) is 5.68. The number of hydrogen-bond acceptors (Lipinski definition) is 5. The summed E-state index contributed by atoms with van der Waals surface area (Å²) in [6, 6.07) is 0. The van der Waals surface area contributed by atoms with Gasteiger partial charge in [0, 0.05) is 13.0 Å². The predicted molar refractivity (Wildman–Crippen MR) is 83.8 cm³/mol. The van der Waals surface area contributed by atoms with E-state index in [2.05, 4.69) is 10.6 Å². The highest BCUT2D eigenvalue weighted by molar-refractivity contribution is 5.75. The Balaban J connectivity index is 3.20. The number of alkyl halides is 1. The Kier molecular flexibility index (Phi) is 16.0. The highest BCUT2D eigenvalue weighted by Crippen LogP contribution is 1.93. The maximum atomic E-state index is 13.4. The predicted octanol–water partition coefficient (Wildman–Crippen LogP) is 0.900. The molecule has 0 saturated carbocycles. The lowest BCUT2D eigenvalue weighted by molar-refractivity contribution is -0.121. The first-order chi connectivity index (χ1) is 10.7. The number of amides is 1. The first-order valence-corrected chi connectivity index (χ1v) is 8.05. The summed E-state index contributed by atoms with van der Waals surface area (Å²) in [6.45, 7) is 8.15. The van der Waals surface area contributed by atoms with Gasteiger partial charge in [0.05, 0.1) is 46.2 Å². The molecule has 2 N–H and O–H groups in total. The Morgan fingerprint density at radius 2 is 1.68 bits per heavy atom. The summed E-state index contributed by atoms with van der Waals surface area (Å²) in [5.74, 6) is -0.123. The van der Waals surface area contributed by atoms with E-state index < -0.39 is 6.17 Å². The zero-order valence-corrected chi connectivity index (χ0v) is 13.9. The summed E-state index contributed by atoms with van der Waals surface area (Å²) < 4.78 is 29.1. The molecule has 0 spiro atoms. The molecule has 6 nitrogen and oxygen atoms in total. The smallest absolute Gasteiger partial charge is 0.220 e. The lowest BCUT2D eigenvalue weighted by atomic mass is 10.3. The van der Waals surface area contributed by atoms with Crippen molar-refractivity contribution in [3.8, 4) is 0 Å². The number of carbonyl (C=O) groups excluding carboxylic acids is 1. The molecule has 0 saturated heterocycles. The fraction of sp³-hybridized carbons (Fsp3) is 0.933. The van der Waals surface area contributed by atoms with Crippen molar-refractivity contribution in [3.05, 3.63) is 0 Å². The maximum absolute atomic E-state index is 13.4. The quantitative estimate of drug-likeness (QED) is 0.413. The number of ether oxygens (including phenoxy) is 3. The lowest BCUT2D eigenvalue weighted by Gasteiger charge is -2.11. The van der Waals surface area contributed by atoms with Gasteiger partial charge in [-0.3, -0.25) is 4.79 Å². The van der Waals surface area contributed by atoms with Crippen LogP contribution >= 0.6 is 0 Å². The van der Waals surface area contributed by atoms with Crippen molar-refractivity contribution < 1.29 is 23.4 Å². The van der Waals surface area contributed by atoms with Gasteiger partial charge < -0.3 is 24.8 Å². The van der Waals surface area contributed by atoms with Gasteiger partial charge in [0.25, 0.3) is 0 Å². The van der Waals surface area contributed by atoms with Crippen molar-refractivity contribution in [2.45, 2.75) is 32.9 Å². The zero-order valence-electron chi connectivity index (χ0n) is 13.9. The SMILES string of the molecule is CCCC(=O)NCC(F)COCCOCCOCCNCC. The molecule has 0 aromatic rings. The molecule has 1 atom stereocenters. The van der Waals surface area contributed by atoms with E-state index in [0.29, 0.717) is 39.5 Å². The third kappa shape index (κ3) is 15.6. The van der Waals surface area contributed by atoms with E-state index in [1.165, 1.54) is 0 Å². The van der Waals surface area contributed by atoms with Crippen LogP contribution in [0.5, 0.6) is 0 Å². The number of carbonyl (C=O) groups is 1. The van der Waals surface area contributed by atoms with E-state index in [1.807, 2.05) is 13.8 Å². The van der Waals surface area contributed by atoms with E-state index >= 15 is 0 Å². The number of likely N-dealkylation sites (N-methyl/N-ethyl adjacent to an activating group) is 1. The Hall–Kier alpha value is -0.760. The first kappa shape index (κ1) is 21.2. The third-order valence-electron chi connectivity index (χ3n) is 2.71. The maximum Gasteiger partial charge on any atom is 0.220 e. The van der Waals surface area contributed by atoms with Crippen LogP contribution < -0.4 is 10.6 Å². The monoisotopic (exact) mass is 322 g/mol. The van der Waals surface area contributed by atoms with Crippen LogP contribution in [0.2, 0.25) is 0 Å². The van der Waals surface area contributed by atoms with Gasteiger partial charge in [-0.1, -0.05) is 13.8 Å². The minimum atomic E-state index is -1.18. The van der Waals surface area contributed by atoms with Crippen molar-refractivity contribution in [3.63, 3.8) is 0 Å². The number of halogens is 1. The third-order valence-corrected chi connectivity index (χ3v) is 2.71. The van der Waals surface area contributed by atoms with Crippen LogP contribution in [0, 0.1) is 0 Å². The average molecular weight is 322 g/mol. The molecule has 0 aliphatic carbocycles. The normalized spacial score (nSPS) is 12.3. The second kappa shape index (κ2) is 16.6. The van der Waals surface area contributed by atoms with Crippen molar-refractivity contribution in [1.82, 2.24) is 10.6 Å². The summed E-state index contributed by atoms with van der Waals surface area (Å²) in [5.41, 5.74) is 0. The number of hydrogen-bond donors (Lipinski definition) is 2. The lowest BCUT2D eigenvalue weighted by Crippen LogP contribution is -2.32. The molecule has 0 aliphatic heterocycles. The van der Waals surface area contributed by atoms with Gasteiger partial charge in [-0.2, -0.15) is 0 Å². The molecule has 0 aliphatic rings. The Labute approximate surface area is 133 Å². The standard InChI is InChI=1S/C15H31FN2O4/c1-3-5-15(19)18-12-14(16)13-22-11-10-21-9-8-20-7-6-17-4-2/h14,17H,3-13H2,1-2H3,(H,18,19). The van der Waals surface area contributed by atoms with E-state index in [1.54, 1.807) is 0 Å². The van der Waals surface area contributed by atoms with Gasteiger partial charge in [0.1, 0.15) is 6.17 Å². The largest absolute Gasteiger partial charge is 0.378 e. The van der Waals surface area contributed by atoms with E-state index in [-0.39, 0.29) is 19.1 Å². The minimum absolute atomic E-state index is 0.000669. The topological polar surface area (TPSA) is 68.8 Å². The molecule has 0 aromatic carbocycles. The summed E-state index contributed by atoms with van der Waals surface area (Å²) in [6.07, 6.45) is 0.00295. The van der Waals surface area contributed by atoms with Crippen LogP contribution in [0.25, 0.3) is 0 Å². The summed E-state index contributed by atoms with van der Waals surface area (Å²) in [7, 11) is 0. The second-order valence-electron chi connectivity index (χ2n) is 4.80. The summed E-state index contributed by atoms with van der Waals surface area (Å²) in [4.78, 5) is 11.2. The number of nitrogens with one attached hydrogen (secondary N) is 2. The van der Waals surface area contributed by atoms with Crippen LogP contribution in [0.4, 0.5) is 4.39 Å². The molecule has 7 heteroatoms. The van der Waals surface area contributed by atoms with Gasteiger partial charge >= 0.3 is 0 Å². The Bertz CT molecular complexity index is 258. The highest BCUT2D eigenvalue weighted by atomic mass is 19.1. The Morgan fingerprint density at radius 1 is 1.05 bits per heavy atom. The molecule has 0 rings (SSSR count). The molecule has 0 fully saturated rings. The van der Waals surface area contributed by atoms with Crippen LogP contribution in [-0.4, -0.2) is 71.4 Å². The van der Waals surface area contributed by atoms with Crippen LogP contribution in [0.1, 0.15) is 26.7 Å². The van der Waals surface area contributed by atoms with Crippen LogP contribution in [0.15, 0.2) is 0 Å². The molecule has 0 heterocycles. The Morgan fingerprint density at radius 3 is 2.32 bits per heavy atom. The molecule has 1 amide bonds. The van der Waals surface area contributed by atoms with Crippen molar-refractivity contribution >= 4 is 5.91 Å². The molecule has 0 bridgehead atoms. The van der Waals surface area contributed by atoms with E-state index in [4.69, 9.17) is 14.2 Å². The van der Waals surface area contributed by atoms with Gasteiger partial charge in [0.2, 0.25) is 5.91 Å². The molecule has 0 radical (unpaired) electrons. The van der Waals surface area contributed by atoms with Crippen LogP contribution in [-0.2, 0) is 19.0 Å². The molecular weight excluding hydrogens is 291 g/mol. The van der Waals surface area contributed by atoms with Crippen molar-refractivity contribution in [2.24, 2.45) is 0 Å². The van der Waals surface area contributed by atoms with Crippen molar-refractivity contribution in [1.29, 1.82) is 0 Å². The van der Waals surface area contributed by atoms with Crippen LogP contribution in [0.3, 0.4) is 0 Å². The molecule has 0 aromatic heterocycles. The second-order valence-corrected chi connectivity index (χ2v) is 4.80. The first-order valence-electron chi connectivity index (χ1n) is 8.05. The van der Waals surface area contributed by atoms with Crippen molar-refractivity contribution in [2.75, 3.05) is 59.3 Å². The average Bonchev–Trinajstić information content (AvgIpc) is 2.51. The van der Waals surface area contributed by atoms with Gasteiger partial charge in [0.15, 0.2) is 0 Å². The van der Waals surface area contributed by atoms with Gasteiger partial charge in [-0.15, -0.1) is 0 Å². The fourth-order valence-corrected chi connectivity index (χ4v) is 1.57. The highest BCUT2D eigenvalue weighted by Gasteiger charge is 2.08. The van der Waals surface area contributed by atoms with Gasteiger partial charge in [-0.05, 0) is 13.0 Å². The van der Waals surface area contributed by atoms with E-state index in [9.17, 15) is 9.18 Å². The van der Waals surface area contributed by atoms with E-state index in [0.717, 1.165) is 19.5 Å². The molecular formula is C15H31FN2O4. The number of rotatable bonds is 16. The zero-order chi connectivity index (χ0) is 16.5. The summed E-state index contributed by atoms with van der Waals surface area (Å²) >= 11 is 0. The molecule has 1 unspecified atom stereocenters. The molecule has 22 heavy (non-hydrogen) atoms.